The first-order chi connectivity index (χ1) is 13.5. The highest BCUT2D eigenvalue weighted by atomic mass is 16.2. The van der Waals surface area contributed by atoms with E-state index in [1.54, 1.807) is 0 Å². The van der Waals surface area contributed by atoms with Crippen molar-refractivity contribution >= 4 is 41.4 Å². The highest BCUT2D eigenvalue weighted by Crippen LogP contribution is 1.82. The normalized spacial score (nSPS) is 10.7. The van der Waals surface area contributed by atoms with E-state index >= 15 is 0 Å². The molecule has 0 radical (unpaired) electrons. The number of nitrogens with two attached hydrogens (primary N) is 1. The predicted octanol–water partition coefficient (Wildman–Crippen LogP) is -5.42. The second-order valence-electron chi connectivity index (χ2n) is 5.71. The first-order valence-corrected chi connectivity index (χ1v) is 8.41. The fourth-order valence-electron chi connectivity index (χ4n) is 1.61. The molecule has 14 heteroatoms. The van der Waals surface area contributed by atoms with E-state index in [1.165, 1.54) is 13.8 Å². The number of primary amides is 1. The minimum atomic E-state index is -0.999. The lowest BCUT2D eigenvalue weighted by molar-refractivity contribution is -0.131. The van der Waals surface area contributed by atoms with Crippen LogP contribution in [0.4, 0.5) is 0 Å². The van der Waals surface area contributed by atoms with Gasteiger partial charge in [0.1, 0.15) is 6.04 Å². The third-order valence-corrected chi connectivity index (χ3v) is 3.04. The summed E-state index contributed by atoms with van der Waals surface area (Å²) in [4.78, 5) is 78.9. The maximum Gasteiger partial charge on any atom is 0.242 e. The Morgan fingerprint density at radius 2 is 1.07 bits per heavy atom. The Balaban J connectivity index is 4.04. The lowest BCUT2D eigenvalue weighted by atomic mass is 10.3. The van der Waals surface area contributed by atoms with E-state index in [4.69, 9.17) is 5.73 Å². The van der Waals surface area contributed by atoms with Crippen molar-refractivity contribution in [1.82, 2.24) is 31.9 Å². The van der Waals surface area contributed by atoms with Gasteiger partial charge in [-0.3, -0.25) is 33.6 Å². The topological polar surface area (TPSA) is 218 Å². The highest BCUT2D eigenvalue weighted by molar-refractivity contribution is 5.93. The van der Waals surface area contributed by atoms with Gasteiger partial charge >= 0.3 is 0 Å². The van der Waals surface area contributed by atoms with Gasteiger partial charge in [-0.15, -0.1) is 0 Å². The molecule has 0 aliphatic rings. The molecule has 0 heterocycles. The van der Waals surface area contributed by atoms with Crippen LogP contribution in [0, 0.1) is 0 Å². The van der Waals surface area contributed by atoms with Crippen LogP contribution in [0.25, 0.3) is 0 Å². The number of hydrogen-bond acceptors (Lipinski definition) is 7. The Labute approximate surface area is 166 Å². The molecule has 0 saturated heterocycles. The van der Waals surface area contributed by atoms with Gasteiger partial charge in [0.05, 0.1) is 32.7 Å². The summed E-state index contributed by atoms with van der Waals surface area (Å²) in [6.45, 7) is 0.683. The van der Waals surface area contributed by atoms with Gasteiger partial charge in [0.2, 0.25) is 41.4 Å². The summed E-state index contributed by atoms with van der Waals surface area (Å²) < 4.78 is 0. The Morgan fingerprint density at radius 3 is 1.55 bits per heavy atom. The van der Waals surface area contributed by atoms with Crippen molar-refractivity contribution in [3.8, 4) is 0 Å². The zero-order valence-corrected chi connectivity index (χ0v) is 16.0. The molecule has 0 aromatic heterocycles. The molecule has 0 aromatic rings. The number of carbonyl (C=O) groups is 7. The molecule has 0 aromatic carbocycles. The van der Waals surface area contributed by atoms with Crippen molar-refractivity contribution in [2.75, 3.05) is 32.7 Å². The minimum Gasteiger partial charge on any atom is -0.368 e. The van der Waals surface area contributed by atoms with Crippen molar-refractivity contribution in [3.63, 3.8) is 0 Å². The fourth-order valence-corrected chi connectivity index (χ4v) is 1.61. The zero-order chi connectivity index (χ0) is 22.4. The van der Waals surface area contributed by atoms with Crippen LogP contribution in [0.15, 0.2) is 0 Å². The van der Waals surface area contributed by atoms with E-state index < -0.39 is 67.0 Å². The van der Waals surface area contributed by atoms with Crippen molar-refractivity contribution < 1.29 is 33.6 Å². The summed E-state index contributed by atoms with van der Waals surface area (Å²) >= 11 is 0. The molecule has 8 N–H and O–H groups in total. The van der Waals surface area contributed by atoms with E-state index in [9.17, 15) is 33.6 Å². The van der Waals surface area contributed by atoms with Crippen LogP contribution in [0.1, 0.15) is 13.8 Å². The second-order valence-corrected chi connectivity index (χ2v) is 5.71. The van der Waals surface area contributed by atoms with E-state index in [2.05, 4.69) is 31.9 Å². The van der Waals surface area contributed by atoms with Gasteiger partial charge in [0.15, 0.2) is 0 Å². The standard InChI is InChI=1S/C15H25N7O7/c1-8(15(29)21-6-13(27)18-3-10(16)24)22-14(28)7-20-12(26)5-19-11(25)4-17-9(2)23/h8H,3-7H2,1-2H3,(H2,16,24)(H,17,23)(H,18,27)(H,19,25)(H,20,26)(H,21,29)(H,22,28)/t8-/m0/s1. The van der Waals surface area contributed by atoms with Gasteiger partial charge in [-0.05, 0) is 6.92 Å². The largest absolute Gasteiger partial charge is 0.368 e. The van der Waals surface area contributed by atoms with Crippen LogP contribution in [0.3, 0.4) is 0 Å². The zero-order valence-electron chi connectivity index (χ0n) is 16.0. The number of hydrogen-bond donors (Lipinski definition) is 7. The van der Waals surface area contributed by atoms with Gasteiger partial charge in [0, 0.05) is 6.92 Å². The molecular weight excluding hydrogens is 390 g/mol. The predicted molar refractivity (Wildman–Crippen MR) is 97.5 cm³/mol. The third-order valence-electron chi connectivity index (χ3n) is 3.04. The van der Waals surface area contributed by atoms with Crippen molar-refractivity contribution in [2.45, 2.75) is 19.9 Å². The molecule has 29 heavy (non-hydrogen) atoms. The van der Waals surface area contributed by atoms with E-state index in [-0.39, 0.29) is 13.1 Å². The smallest absolute Gasteiger partial charge is 0.242 e. The van der Waals surface area contributed by atoms with E-state index in [0.717, 1.165) is 0 Å². The van der Waals surface area contributed by atoms with Gasteiger partial charge in [0.25, 0.3) is 0 Å². The minimum absolute atomic E-state index is 0.281. The van der Waals surface area contributed by atoms with Crippen LogP contribution in [-0.2, 0) is 33.6 Å². The van der Waals surface area contributed by atoms with Crippen molar-refractivity contribution in [2.24, 2.45) is 5.73 Å². The molecule has 162 valence electrons. The Morgan fingerprint density at radius 1 is 0.655 bits per heavy atom. The molecule has 0 bridgehead atoms. The molecule has 0 rings (SSSR count). The van der Waals surface area contributed by atoms with E-state index in [1.807, 2.05) is 0 Å². The first kappa shape index (κ1) is 25.3. The second kappa shape index (κ2) is 13.5. The average Bonchev–Trinajstić information content (AvgIpc) is 2.65. The molecule has 14 nitrogen and oxygen atoms in total. The number of rotatable bonds is 12. The Hall–Kier alpha value is -3.71. The summed E-state index contributed by atoms with van der Waals surface area (Å²) in [6, 6.07) is -0.999. The lowest BCUT2D eigenvalue weighted by Gasteiger charge is -2.14. The van der Waals surface area contributed by atoms with Crippen LogP contribution in [-0.4, -0.2) is 80.1 Å². The number of carbonyl (C=O) groups excluding carboxylic acids is 7. The molecule has 7 amide bonds. The van der Waals surface area contributed by atoms with Gasteiger partial charge in [-0.1, -0.05) is 0 Å². The molecule has 0 saturated carbocycles. The molecular formula is C15H25N7O7. The van der Waals surface area contributed by atoms with Crippen LogP contribution < -0.4 is 37.6 Å². The summed E-state index contributed by atoms with van der Waals surface area (Å²) in [5.41, 5.74) is 4.85. The summed E-state index contributed by atoms with van der Waals surface area (Å²) in [5.74, 6) is -4.34. The van der Waals surface area contributed by atoms with Gasteiger partial charge in [-0.2, -0.15) is 0 Å². The van der Waals surface area contributed by atoms with Crippen molar-refractivity contribution in [3.05, 3.63) is 0 Å². The Kier molecular flexibility index (Phi) is 11.7. The highest BCUT2D eigenvalue weighted by Gasteiger charge is 2.17. The monoisotopic (exact) mass is 415 g/mol. The third kappa shape index (κ3) is 14.1. The molecule has 1 atom stereocenters. The molecule has 0 unspecified atom stereocenters. The van der Waals surface area contributed by atoms with E-state index in [0.29, 0.717) is 0 Å². The number of nitrogens with one attached hydrogen (secondary N) is 6. The summed E-state index contributed by atoms with van der Waals surface area (Å²) in [5, 5.41) is 13.4. The molecule has 0 aliphatic carbocycles. The maximum atomic E-state index is 11.8. The lowest BCUT2D eigenvalue weighted by Crippen LogP contribution is -2.50. The van der Waals surface area contributed by atoms with Crippen LogP contribution in [0.2, 0.25) is 0 Å². The molecule has 0 aliphatic heterocycles. The average molecular weight is 415 g/mol. The summed E-state index contributed by atoms with van der Waals surface area (Å²) in [7, 11) is 0. The van der Waals surface area contributed by atoms with Crippen LogP contribution in [0.5, 0.6) is 0 Å². The molecule has 0 fully saturated rings. The first-order valence-electron chi connectivity index (χ1n) is 8.41. The number of amides is 7. The van der Waals surface area contributed by atoms with Crippen molar-refractivity contribution in [1.29, 1.82) is 0 Å². The fraction of sp³-hybridized carbons (Fsp3) is 0.533. The summed E-state index contributed by atoms with van der Waals surface area (Å²) in [6.07, 6.45) is 0. The Bertz CT molecular complexity index is 665. The molecule has 0 spiro atoms. The quantitative estimate of drug-likeness (QED) is 0.164. The van der Waals surface area contributed by atoms with Gasteiger partial charge in [-0.25, -0.2) is 0 Å². The van der Waals surface area contributed by atoms with Crippen LogP contribution >= 0.6 is 0 Å². The maximum absolute atomic E-state index is 11.8. The van der Waals surface area contributed by atoms with Gasteiger partial charge < -0.3 is 37.6 Å². The SMILES string of the molecule is CC(=O)NCC(=O)NCC(=O)NCC(=O)N[C@@H](C)C(=O)NCC(=O)NCC(N)=O.